The van der Waals surface area contributed by atoms with Crippen LogP contribution in [0.5, 0.6) is 0 Å². The van der Waals surface area contributed by atoms with Crippen LogP contribution in [0.15, 0.2) is 59.4 Å². The predicted molar refractivity (Wildman–Crippen MR) is 80.4 cm³/mol. The Morgan fingerprint density at radius 1 is 0.952 bits per heavy atom. The molecule has 2 aromatic carbocycles. The highest BCUT2D eigenvalue weighted by atomic mass is 19.1. The summed E-state index contributed by atoms with van der Waals surface area (Å²) in [5, 5.41) is 0. The van der Waals surface area contributed by atoms with Crippen molar-refractivity contribution in [2.45, 2.75) is 6.92 Å². The normalized spacial score (nSPS) is 10.6. The number of hydrogen-bond acceptors (Lipinski definition) is 2. The zero-order chi connectivity index (χ0) is 14.8. The summed E-state index contributed by atoms with van der Waals surface area (Å²) in [5.41, 5.74) is 2.56. The van der Waals surface area contributed by atoms with E-state index < -0.39 is 0 Å². The van der Waals surface area contributed by atoms with Gasteiger partial charge in [-0.15, -0.1) is 0 Å². The van der Waals surface area contributed by atoms with E-state index in [1.807, 2.05) is 30.3 Å². The topological polar surface area (TPSA) is 45.8 Å². The van der Waals surface area contributed by atoms with Crippen molar-refractivity contribution in [2.24, 2.45) is 0 Å². The van der Waals surface area contributed by atoms with Gasteiger partial charge in [-0.05, 0) is 31.2 Å². The zero-order valence-corrected chi connectivity index (χ0v) is 11.4. The van der Waals surface area contributed by atoms with Crippen molar-refractivity contribution in [1.82, 2.24) is 9.97 Å². The quantitative estimate of drug-likeness (QED) is 0.780. The molecular weight excluding hydrogens is 267 g/mol. The van der Waals surface area contributed by atoms with Gasteiger partial charge in [-0.1, -0.05) is 30.3 Å². The Hall–Kier alpha value is -2.75. The van der Waals surface area contributed by atoms with Crippen molar-refractivity contribution in [3.05, 3.63) is 76.3 Å². The van der Waals surface area contributed by atoms with Crippen molar-refractivity contribution < 1.29 is 4.39 Å². The first-order chi connectivity index (χ1) is 10.1. The number of nitrogens with one attached hydrogen (secondary N) is 1. The molecule has 0 bridgehead atoms. The maximum Gasteiger partial charge on any atom is 0.254 e. The third kappa shape index (κ3) is 2.60. The number of hydrogen-bond donors (Lipinski definition) is 1. The Balaban J connectivity index is 2.19. The summed E-state index contributed by atoms with van der Waals surface area (Å²) in [4.78, 5) is 19.4. The number of benzene rings is 2. The van der Waals surface area contributed by atoms with Gasteiger partial charge in [-0.25, -0.2) is 9.37 Å². The highest BCUT2D eigenvalue weighted by Gasteiger charge is 2.10. The van der Waals surface area contributed by atoms with Gasteiger partial charge >= 0.3 is 0 Å². The molecule has 0 aliphatic heterocycles. The molecule has 1 aromatic heterocycles. The third-order valence-electron chi connectivity index (χ3n) is 3.32. The first kappa shape index (κ1) is 13.2. The number of rotatable bonds is 2. The van der Waals surface area contributed by atoms with E-state index in [0.717, 1.165) is 5.56 Å². The Bertz CT molecular complexity index is 824. The molecule has 104 valence electrons. The highest BCUT2D eigenvalue weighted by Crippen LogP contribution is 2.22. The zero-order valence-electron chi connectivity index (χ0n) is 11.4. The lowest BCUT2D eigenvalue weighted by molar-refractivity contribution is 0.628. The maximum atomic E-state index is 13.0. The summed E-state index contributed by atoms with van der Waals surface area (Å²) in [7, 11) is 0. The van der Waals surface area contributed by atoms with E-state index in [4.69, 9.17) is 0 Å². The Morgan fingerprint density at radius 3 is 2.29 bits per heavy atom. The van der Waals surface area contributed by atoms with Crippen LogP contribution >= 0.6 is 0 Å². The van der Waals surface area contributed by atoms with E-state index in [1.54, 1.807) is 19.1 Å². The van der Waals surface area contributed by atoms with Gasteiger partial charge in [0.15, 0.2) is 0 Å². The number of aromatic amines is 1. The summed E-state index contributed by atoms with van der Waals surface area (Å²) in [6, 6.07) is 15.4. The van der Waals surface area contributed by atoms with Gasteiger partial charge in [-0.3, -0.25) is 4.79 Å². The monoisotopic (exact) mass is 280 g/mol. The summed E-state index contributed by atoms with van der Waals surface area (Å²) in [6.07, 6.45) is 0. The lowest BCUT2D eigenvalue weighted by Gasteiger charge is -2.08. The summed E-state index contributed by atoms with van der Waals surface area (Å²) < 4.78 is 13.0. The van der Waals surface area contributed by atoms with E-state index in [-0.39, 0.29) is 11.4 Å². The minimum absolute atomic E-state index is 0.192. The fourth-order valence-corrected chi connectivity index (χ4v) is 2.15. The van der Waals surface area contributed by atoms with Gasteiger partial charge in [0.05, 0.1) is 5.69 Å². The average molecular weight is 280 g/mol. The predicted octanol–water partition coefficient (Wildman–Crippen LogP) is 3.55. The van der Waals surface area contributed by atoms with E-state index in [1.165, 1.54) is 12.1 Å². The van der Waals surface area contributed by atoms with E-state index in [0.29, 0.717) is 22.6 Å². The van der Waals surface area contributed by atoms with Crippen molar-refractivity contribution >= 4 is 0 Å². The second-order valence-electron chi connectivity index (χ2n) is 4.76. The maximum absolute atomic E-state index is 13.0. The van der Waals surface area contributed by atoms with Crippen LogP contribution in [-0.4, -0.2) is 9.97 Å². The summed E-state index contributed by atoms with van der Waals surface area (Å²) in [5.74, 6) is 0.112. The van der Waals surface area contributed by atoms with Crippen LogP contribution in [0.1, 0.15) is 5.56 Å². The first-order valence-corrected chi connectivity index (χ1v) is 6.57. The van der Waals surface area contributed by atoms with Gasteiger partial charge in [0.1, 0.15) is 11.6 Å². The molecule has 1 heterocycles. The SMILES string of the molecule is Cc1c(-c2ccccc2)nc(-c2ccc(F)cc2)[nH]c1=O. The lowest BCUT2D eigenvalue weighted by atomic mass is 10.1. The molecule has 0 saturated heterocycles. The number of halogens is 1. The molecule has 3 aromatic rings. The third-order valence-corrected chi connectivity index (χ3v) is 3.32. The van der Waals surface area contributed by atoms with Crippen molar-refractivity contribution in [3.63, 3.8) is 0 Å². The van der Waals surface area contributed by atoms with Crippen LogP contribution in [0.4, 0.5) is 4.39 Å². The van der Waals surface area contributed by atoms with Crippen LogP contribution in [0, 0.1) is 12.7 Å². The van der Waals surface area contributed by atoms with E-state index in [9.17, 15) is 9.18 Å². The van der Waals surface area contributed by atoms with Gasteiger partial charge in [0.25, 0.3) is 5.56 Å². The second kappa shape index (κ2) is 5.32. The van der Waals surface area contributed by atoms with Crippen molar-refractivity contribution in [1.29, 1.82) is 0 Å². The van der Waals surface area contributed by atoms with Gasteiger partial charge < -0.3 is 4.98 Å². The van der Waals surface area contributed by atoms with Crippen LogP contribution in [-0.2, 0) is 0 Å². The highest BCUT2D eigenvalue weighted by molar-refractivity contribution is 5.66. The van der Waals surface area contributed by atoms with Gasteiger partial charge in [-0.2, -0.15) is 0 Å². The fraction of sp³-hybridized carbons (Fsp3) is 0.0588. The summed E-state index contributed by atoms with van der Waals surface area (Å²) >= 11 is 0. The molecule has 1 N–H and O–H groups in total. The molecule has 3 rings (SSSR count). The van der Waals surface area contributed by atoms with Crippen molar-refractivity contribution in [2.75, 3.05) is 0 Å². The smallest absolute Gasteiger partial charge is 0.254 e. The first-order valence-electron chi connectivity index (χ1n) is 6.57. The van der Waals surface area contributed by atoms with Gasteiger partial charge in [0.2, 0.25) is 0 Å². The molecule has 0 amide bonds. The Kier molecular flexibility index (Phi) is 3.36. The van der Waals surface area contributed by atoms with Crippen LogP contribution in [0.2, 0.25) is 0 Å². The molecule has 0 aliphatic carbocycles. The molecule has 0 radical (unpaired) electrons. The average Bonchev–Trinajstić information content (AvgIpc) is 2.51. The molecule has 0 fully saturated rings. The largest absolute Gasteiger partial charge is 0.306 e. The standard InChI is InChI=1S/C17H13FN2O/c1-11-15(12-5-3-2-4-6-12)19-16(20-17(11)21)13-7-9-14(18)10-8-13/h2-10H,1H3,(H,19,20,21). The van der Waals surface area contributed by atoms with Crippen LogP contribution in [0.25, 0.3) is 22.6 Å². The number of H-pyrrole nitrogens is 1. The minimum Gasteiger partial charge on any atom is -0.306 e. The molecular formula is C17H13FN2O. The molecule has 3 nitrogen and oxygen atoms in total. The molecule has 4 heteroatoms. The number of nitrogens with zero attached hydrogens (tertiary/aromatic N) is 1. The van der Waals surface area contributed by atoms with E-state index >= 15 is 0 Å². The molecule has 0 unspecified atom stereocenters. The Morgan fingerprint density at radius 2 is 1.62 bits per heavy atom. The van der Waals surface area contributed by atoms with Crippen LogP contribution in [0.3, 0.4) is 0 Å². The molecule has 0 atom stereocenters. The molecule has 21 heavy (non-hydrogen) atoms. The summed E-state index contributed by atoms with van der Waals surface area (Å²) in [6.45, 7) is 1.74. The second-order valence-corrected chi connectivity index (χ2v) is 4.76. The molecule has 0 saturated carbocycles. The van der Waals surface area contributed by atoms with Crippen molar-refractivity contribution in [3.8, 4) is 22.6 Å². The number of aromatic nitrogens is 2. The lowest BCUT2D eigenvalue weighted by Crippen LogP contribution is -2.14. The van der Waals surface area contributed by atoms with Gasteiger partial charge in [0, 0.05) is 16.7 Å². The fourth-order valence-electron chi connectivity index (χ4n) is 2.15. The minimum atomic E-state index is -0.323. The van der Waals surface area contributed by atoms with E-state index in [2.05, 4.69) is 9.97 Å². The van der Waals surface area contributed by atoms with Crippen LogP contribution < -0.4 is 5.56 Å². The molecule has 0 aliphatic rings. The molecule has 0 spiro atoms. The Labute approximate surface area is 121 Å².